The molecule has 0 fully saturated rings. The fraction of sp³-hybridized carbons (Fsp3) is 0.818. The van der Waals surface area contributed by atoms with Gasteiger partial charge in [0.05, 0.1) is 4.99 Å². The van der Waals surface area contributed by atoms with Crippen molar-refractivity contribution in [2.24, 2.45) is 5.73 Å². The third-order valence-electron chi connectivity index (χ3n) is 2.28. The van der Waals surface area contributed by atoms with E-state index in [1.165, 1.54) is 0 Å². The van der Waals surface area contributed by atoms with Crippen molar-refractivity contribution in [1.29, 1.82) is 0 Å². The summed E-state index contributed by atoms with van der Waals surface area (Å²) in [6.07, 6.45) is 2.52. The fourth-order valence-electron chi connectivity index (χ4n) is 1.48. The quantitative estimate of drug-likeness (QED) is 0.644. The zero-order valence-corrected chi connectivity index (χ0v) is 11.3. The molecule has 1 amide bonds. The number of nitrogens with two attached hydrogens (primary N) is 1. The highest BCUT2D eigenvalue weighted by atomic mass is 32.1. The molecule has 0 aliphatic heterocycles. The van der Waals surface area contributed by atoms with Gasteiger partial charge in [0.25, 0.3) is 0 Å². The van der Waals surface area contributed by atoms with Crippen molar-refractivity contribution < 1.29 is 4.79 Å². The number of carbonyl (C=O) groups excluding carboxylic acids is 1. The lowest BCUT2D eigenvalue weighted by atomic mass is 10.2. The third kappa shape index (κ3) is 7.59. The Morgan fingerprint density at radius 1 is 1.31 bits per heavy atom. The van der Waals surface area contributed by atoms with Crippen molar-refractivity contribution >= 4 is 23.1 Å². The fourth-order valence-corrected chi connectivity index (χ4v) is 1.67. The van der Waals surface area contributed by atoms with E-state index in [2.05, 4.69) is 11.8 Å². The highest BCUT2D eigenvalue weighted by Crippen LogP contribution is 1.99. The molecule has 94 valence electrons. The number of nitrogens with zero attached hydrogens (tertiary/aromatic N) is 2. The highest BCUT2D eigenvalue weighted by molar-refractivity contribution is 7.80. The largest absolute Gasteiger partial charge is 0.392 e. The Morgan fingerprint density at radius 2 is 1.94 bits per heavy atom. The van der Waals surface area contributed by atoms with Crippen LogP contribution in [0, 0.1) is 0 Å². The summed E-state index contributed by atoms with van der Waals surface area (Å²) in [5.74, 6) is 0.173. The van der Waals surface area contributed by atoms with Gasteiger partial charge >= 0.3 is 0 Å². The maximum atomic E-state index is 11.4. The molecule has 0 saturated heterocycles. The molecule has 0 aromatic carbocycles. The van der Waals surface area contributed by atoms with Crippen molar-refractivity contribution in [3.05, 3.63) is 0 Å². The lowest BCUT2D eigenvalue weighted by Crippen LogP contribution is -2.34. The summed E-state index contributed by atoms with van der Waals surface area (Å²) < 4.78 is 0. The second-order valence-corrected chi connectivity index (χ2v) is 4.66. The Hall–Kier alpha value is -0.680. The van der Waals surface area contributed by atoms with E-state index in [1.807, 2.05) is 0 Å². The van der Waals surface area contributed by atoms with Crippen LogP contribution in [0.4, 0.5) is 0 Å². The van der Waals surface area contributed by atoms with E-state index in [-0.39, 0.29) is 5.91 Å². The van der Waals surface area contributed by atoms with Crippen molar-refractivity contribution in [1.82, 2.24) is 9.80 Å². The molecule has 0 spiro atoms. The predicted molar refractivity (Wildman–Crippen MR) is 71.4 cm³/mol. The van der Waals surface area contributed by atoms with E-state index in [0.29, 0.717) is 18.0 Å². The van der Waals surface area contributed by atoms with E-state index in [1.54, 1.807) is 19.0 Å². The normalized spacial score (nSPS) is 10.5. The second kappa shape index (κ2) is 8.47. The molecule has 0 heterocycles. The number of hydrogen-bond donors (Lipinski definition) is 1. The molecule has 0 radical (unpaired) electrons. The Bertz CT molecular complexity index is 231. The summed E-state index contributed by atoms with van der Waals surface area (Å²) in [6, 6.07) is 0. The van der Waals surface area contributed by atoms with Crippen LogP contribution in [0.1, 0.15) is 26.2 Å². The van der Waals surface area contributed by atoms with Gasteiger partial charge in [-0.05, 0) is 25.9 Å². The molecule has 0 aliphatic rings. The number of amides is 1. The Kier molecular flexibility index (Phi) is 8.11. The zero-order valence-electron chi connectivity index (χ0n) is 10.5. The van der Waals surface area contributed by atoms with Gasteiger partial charge in [0.2, 0.25) is 5.91 Å². The molecule has 0 aromatic rings. The first-order chi connectivity index (χ1) is 7.47. The second-order valence-electron chi connectivity index (χ2n) is 4.13. The minimum Gasteiger partial charge on any atom is -0.392 e. The molecule has 0 aromatic heterocycles. The van der Waals surface area contributed by atoms with E-state index < -0.39 is 0 Å². The average Bonchev–Trinajstić information content (AvgIpc) is 2.16. The van der Waals surface area contributed by atoms with Crippen LogP contribution in [0.25, 0.3) is 0 Å². The van der Waals surface area contributed by atoms with Crippen LogP contribution < -0.4 is 5.73 Å². The van der Waals surface area contributed by atoms with Crippen LogP contribution in [0.3, 0.4) is 0 Å². The molecular weight excluding hydrogens is 222 g/mol. The van der Waals surface area contributed by atoms with Gasteiger partial charge in [-0.2, -0.15) is 0 Å². The molecule has 0 rings (SSSR count). The Labute approximate surface area is 104 Å². The van der Waals surface area contributed by atoms with Gasteiger partial charge in [0.15, 0.2) is 0 Å². The molecule has 5 heteroatoms. The summed E-state index contributed by atoms with van der Waals surface area (Å²) in [4.78, 5) is 15.7. The number of carbonyl (C=O) groups is 1. The molecule has 2 N–H and O–H groups in total. The van der Waals surface area contributed by atoms with Crippen LogP contribution in [-0.2, 0) is 4.79 Å². The standard InChI is InChI=1S/C11H23N3OS/c1-4-7-14(9-10(12)16)8-5-6-11(15)13(2)3/h4-9H2,1-3H3,(H2,12,16). The molecule has 4 nitrogen and oxygen atoms in total. The lowest BCUT2D eigenvalue weighted by Gasteiger charge is -2.21. The minimum absolute atomic E-state index is 0.173. The monoisotopic (exact) mass is 245 g/mol. The summed E-state index contributed by atoms with van der Waals surface area (Å²) >= 11 is 4.89. The molecule has 0 aliphatic carbocycles. The van der Waals surface area contributed by atoms with Gasteiger partial charge in [0, 0.05) is 27.1 Å². The van der Waals surface area contributed by atoms with Gasteiger partial charge in [-0.15, -0.1) is 0 Å². The maximum absolute atomic E-state index is 11.4. The van der Waals surface area contributed by atoms with Gasteiger partial charge in [-0.1, -0.05) is 19.1 Å². The van der Waals surface area contributed by atoms with Crippen molar-refractivity contribution in [2.45, 2.75) is 26.2 Å². The SMILES string of the molecule is CCCN(CCCC(=O)N(C)C)CC(N)=S. The molecule has 0 bridgehead atoms. The summed E-state index contributed by atoms with van der Waals surface area (Å²) in [6.45, 7) is 4.63. The van der Waals surface area contributed by atoms with Crippen LogP contribution in [0.15, 0.2) is 0 Å². The van der Waals surface area contributed by atoms with Gasteiger partial charge in [-0.3, -0.25) is 9.69 Å². The Balaban J connectivity index is 3.83. The van der Waals surface area contributed by atoms with Crippen molar-refractivity contribution in [2.75, 3.05) is 33.7 Å². The molecule has 16 heavy (non-hydrogen) atoms. The maximum Gasteiger partial charge on any atom is 0.222 e. The number of rotatable bonds is 8. The van der Waals surface area contributed by atoms with Crippen molar-refractivity contribution in [3.63, 3.8) is 0 Å². The highest BCUT2D eigenvalue weighted by Gasteiger charge is 2.08. The van der Waals surface area contributed by atoms with Crippen molar-refractivity contribution in [3.8, 4) is 0 Å². The summed E-state index contributed by atoms with van der Waals surface area (Å²) in [5, 5.41) is 0. The topological polar surface area (TPSA) is 49.6 Å². The summed E-state index contributed by atoms with van der Waals surface area (Å²) in [5.41, 5.74) is 5.52. The zero-order chi connectivity index (χ0) is 12.6. The lowest BCUT2D eigenvalue weighted by molar-refractivity contribution is -0.128. The van der Waals surface area contributed by atoms with Crippen LogP contribution in [0.2, 0.25) is 0 Å². The summed E-state index contributed by atoms with van der Waals surface area (Å²) in [7, 11) is 3.56. The van der Waals surface area contributed by atoms with Gasteiger partial charge < -0.3 is 10.6 Å². The average molecular weight is 245 g/mol. The smallest absolute Gasteiger partial charge is 0.222 e. The molecular formula is C11H23N3OS. The minimum atomic E-state index is 0.173. The van der Waals surface area contributed by atoms with Crippen LogP contribution in [0.5, 0.6) is 0 Å². The van der Waals surface area contributed by atoms with E-state index in [9.17, 15) is 4.79 Å². The van der Waals surface area contributed by atoms with Crippen LogP contribution >= 0.6 is 12.2 Å². The van der Waals surface area contributed by atoms with Crippen LogP contribution in [-0.4, -0.2) is 54.4 Å². The molecule has 0 atom stereocenters. The predicted octanol–water partition coefficient (Wildman–Crippen LogP) is 0.853. The Morgan fingerprint density at radius 3 is 2.38 bits per heavy atom. The van der Waals surface area contributed by atoms with E-state index in [0.717, 1.165) is 25.9 Å². The van der Waals surface area contributed by atoms with Gasteiger partial charge in [0.1, 0.15) is 0 Å². The number of hydrogen-bond acceptors (Lipinski definition) is 3. The third-order valence-corrected chi connectivity index (χ3v) is 2.41. The first-order valence-corrected chi connectivity index (χ1v) is 6.09. The van der Waals surface area contributed by atoms with E-state index in [4.69, 9.17) is 18.0 Å². The molecule has 0 saturated carbocycles. The first kappa shape index (κ1) is 15.3. The number of thiocarbonyl (C=S) groups is 1. The first-order valence-electron chi connectivity index (χ1n) is 5.68. The molecule has 0 unspecified atom stereocenters. The van der Waals surface area contributed by atoms with E-state index >= 15 is 0 Å². The van der Waals surface area contributed by atoms with Gasteiger partial charge in [-0.25, -0.2) is 0 Å².